The summed E-state index contributed by atoms with van der Waals surface area (Å²) in [6.07, 6.45) is -0.424. The number of azide groups is 1. The molecular formula is C23H31N3O5SSi. The lowest BCUT2D eigenvalue weighted by molar-refractivity contribution is -0.00783. The van der Waals surface area contributed by atoms with Crippen LogP contribution in [0.5, 0.6) is 0 Å². The van der Waals surface area contributed by atoms with Crippen molar-refractivity contribution in [3.63, 3.8) is 0 Å². The molecule has 0 aliphatic carbocycles. The largest absolute Gasteiger partial charge is 0.405 e. The molecule has 3 atom stereocenters. The van der Waals surface area contributed by atoms with Crippen LogP contribution in [-0.4, -0.2) is 54.5 Å². The molecule has 0 bridgehead atoms. The lowest BCUT2D eigenvalue weighted by Gasteiger charge is -2.43. The Labute approximate surface area is 196 Å². The van der Waals surface area contributed by atoms with Crippen LogP contribution in [0.2, 0.25) is 5.04 Å². The molecular weight excluding hydrogens is 458 g/mol. The van der Waals surface area contributed by atoms with Crippen LogP contribution in [0.3, 0.4) is 0 Å². The molecule has 0 unspecified atom stereocenters. The molecule has 0 amide bonds. The zero-order valence-electron chi connectivity index (χ0n) is 19.4. The highest BCUT2D eigenvalue weighted by atomic mass is 32.2. The van der Waals surface area contributed by atoms with Crippen LogP contribution in [-0.2, 0) is 23.5 Å². The van der Waals surface area contributed by atoms with Crippen LogP contribution in [0.4, 0.5) is 0 Å². The minimum Gasteiger partial charge on any atom is -0.405 e. The quantitative estimate of drug-likeness (QED) is 0.176. The summed E-state index contributed by atoms with van der Waals surface area (Å²) in [6.45, 7) is 6.77. The van der Waals surface area contributed by atoms with E-state index in [2.05, 4.69) is 55.1 Å². The molecule has 33 heavy (non-hydrogen) atoms. The van der Waals surface area contributed by atoms with Crippen LogP contribution < -0.4 is 10.4 Å². The van der Waals surface area contributed by atoms with Crippen LogP contribution >= 0.6 is 0 Å². The molecule has 0 N–H and O–H groups in total. The molecule has 2 aromatic rings. The highest BCUT2D eigenvalue weighted by Crippen LogP contribution is 2.37. The maximum Gasteiger partial charge on any atom is 0.264 e. The predicted molar refractivity (Wildman–Crippen MR) is 131 cm³/mol. The lowest BCUT2D eigenvalue weighted by atomic mass is 10.1. The van der Waals surface area contributed by atoms with Gasteiger partial charge in [0.2, 0.25) is 0 Å². The van der Waals surface area contributed by atoms with Crippen molar-refractivity contribution in [1.82, 2.24) is 0 Å². The average molecular weight is 490 g/mol. The summed E-state index contributed by atoms with van der Waals surface area (Å²) in [5, 5.41) is 5.59. The second-order valence-electron chi connectivity index (χ2n) is 9.26. The van der Waals surface area contributed by atoms with E-state index in [1.165, 1.54) is 0 Å². The molecule has 178 valence electrons. The summed E-state index contributed by atoms with van der Waals surface area (Å²) in [5.74, 6) is 0. The summed E-state index contributed by atoms with van der Waals surface area (Å²) in [7, 11) is -6.52. The molecule has 1 saturated heterocycles. The van der Waals surface area contributed by atoms with Crippen molar-refractivity contribution in [2.24, 2.45) is 5.11 Å². The molecule has 1 aliphatic rings. The van der Waals surface area contributed by atoms with Crippen LogP contribution in [0.1, 0.15) is 27.2 Å². The summed E-state index contributed by atoms with van der Waals surface area (Å²) >= 11 is 0. The standard InChI is InChI=1S/C23H31N3O5SSi/c1-23(2,3)33(19-11-7-5-8-12-19,20-13-9-6-10-14-20)29-17-22-21(31-32(4,27)28)15-18(30-22)16-25-26-24/h5-14,18,21-22H,15-17H2,1-4H3/t18-,21+,22+/m0/s1. The lowest BCUT2D eigenvalue weighted by Crippen LogP contribution is -2.67. The predicted octanol–water partition coefficient (Wildman–Crippen LogP) is 3.38. The van der Waals surface area contributed by atoms with E-state index in [-0.39, 0.29) is 18.2 Å². The van der Waals surface area contributed by atoms with E-state index >= 15 is 0 Å². The third-order valence-electron chi connectivity index (χ3n) is 5.80. The SMILES string of the molecule is CC(C)(C)[Si](OC[C@H]1O[C@H](CN=[N+]=[N-])C[C@H]1OS(C)(=O)=O)(c1ccccc1)c1ccccc1. The van der Waals surface area contributed by atoms with E-state index in [1.807, 2.05) is 36.4 Å². The molecule has 1 aliphatic heterocycles. The molecule has 1 heterocycles. The Bertz CT molecular complexity index is 1030. The van der Waals surface area contributed by atoms with Crippen molar-refractivity contribution < 1.29 is 21.8 Å². The van der Waals surface area contributed by atoms with Crippen molar-refractivity contribution >= 4 is 28.8 Å². The molecule has 2 aromatic carbocycles. The monoisotopic (exact) mass is 489 g/mol. The molecule has 8 nitrogen and oxygen atoms in total. The highest BCUT2D eigenvalue weighted by Gasteiger charge is 2.51. The van der Waals surface area contributed by atoms with Crippen LogP contribution in [0.25, 0.3) is 10.4 Å². The second-order valence-corrected chi connectivity index (χ2v) is 15.2. The Balaban J connectivity index is 1.98. The van der Waals surface area contributed by atoms with E-state index < -0.39 is 36.7 Å². The zero-order chi connectivity index (χ0) is 24.1. The van der Waals surface area contributed by atoms with Gasteiger partial charge in [0.05, 0.1) is 25.5 Å². The van der Waals surface area contributed by atoms with E-state index in [1.54, 1.807) is 0 Å². The number of nitrogens with zero attached hydrogens (tertiary/aromatic N) is 3. The van der Waals surface area contributed by atoms with Crippen molar-refractivity contribution in [3.8, 4) is 0 Å². The Morgan fingerprint density at radius 1 is 1.09 bits per heavy atom. The molecule has 10 heteroatoms. The number of benzene rings is 2. The summed E-state index contributed by atoms with van der Waals surface area (Å²) < 4.78 is 42.0. The Morgan fingerprint density at radius 2 is 1.64 bits per heavy atom. The topological polar surface area (TPSA) is 111 Å². The van der Waals surface area contributed by atoms with Gasteiger partial charge in [-0.25, -0.2) is 0 Å². The van der Waals surface area contributed by atoms with Gasteiger partial charge in [0.25, 0.3) is 18.4 Å². The molecule has 0 spiro atoms. The fraction of sp³-hybridized carbons (Fsp3) is 0.478. The average Bonchev–Trinajstić information content (AvgIpc) is 3.13. The van der Waals surface area contributed by atoms with E-state index in [0.717, 1.165) is 16.6 Å². The maximum absolute atomic E-state index is 11.9. The van der Waals surface area contributed by atoms with Gasteiger partial charge in [0.1, 0.15) is 12.2 Å². The zero-order valence-corrected chi connectivity index (χ0v) is 21.2. The van der Waals surface area contributed by atoms with E-state index in [4.69, 9.17) is 18.9 Å². The molecule has 0 aromatic heterocycles. The first-order valence-electron chi connectivity index (χ1n) is 10.9. The first kappa shape index (κ1) is 25.4. The van der Waals surface area contributed by atoms with Gasteiger partial charge in [0.15, 0.2) is 0 Å². The van der Waals surface area contributed by atoms with Crippen LogP contribution in [0, 0.1) is 0 Å². The van der Waals surface area contributed by atoms with E-state index in [9.17, 15) is 8.42 Å². The van der Waals surface area contributed by atoms with Gasteiger partial charge in [-0.05, 0) is 20.9 Å². The van der Waals surface area contributed by atoms with Crippen molar-refractivity contribution in [3.05, 3.63) is 71.1 Å². The fourth-order valence-electron chi connectivity index (χ4n) is 4.49. The molecule has 3 rings (SSSR count). The van der Waals surface area contributed by atoms with Crippen molar-refractivity contribution in [2.45, 2.75) is 50.5 Å². The Hall–Kier alpha value is -2.20. The highest BCUT2D eigenvalue weighted by molar-refractivity contribution is 7.86. The van der Waals surface area contributed by atoms with Gasteiger partial charge >= 0.3 is 0 Å². The second kappa shape index (κ2) is 10.4. The van der Waals surface area contributed by atoms with Crippen molar-refractivity contribution in [1.29, 1.82) is 0 Å². The Kier molecular flexibility index (Phi) is 7.99. The van der Waals surface area contributed by atoms with Gasteiger partial charge in [-0.3, -0.25) is 4.18 Å². The minimum atomic E-state index is -3.70. The molecule has 0 radical (unpaired) electrons. The van der Waals surface area contributed by atoms with Crippen molar-refractivity contribution in [2.75, 3.05) is 19.4 Å². The smallest absolute Gasteiger partial charge is 0.264 e. The summed E-state index contributed by atoms with van der Waals surface area (Å²) in [5.41, 5.74) is 8.65. The first-order valence-corrected chi connectivity index (χ1v) is 14.6. The number of hydrogen-bond acceptors (Lipinski definition) is 6. The normalized spacial score (nSPS) is 21.5. The summed E-state index contributed by atoms with van der Waals surface area (Å²) in [6, 6.07) is 20.4. The number of rotatable bonds is 9. The van der Waals surface area contributed by atoms with Gasteiger partial charge in [0, 0.05) is 11.3 Å². The molecule has 0 saturated carbocycles. The Morgan fingerprint density at radius 3 is 2.09 bits per heavy atom. The van der Waals surface area contributed by atoms with Gasteiger partial charge in [-0.15, -0.1) is 0 Å². The van der Waals surface area contributed by atoms with Gasteiger partial charge < -0.3 is 9.16 Å². The third-order valence-corrected chi connectivity index (χ3v) is 11.4. The molecule has 1 fully saturated rings. The van der Waals surface area contributed by atoms with Gasteiger partial charge in [-0.1, -0.05) is 86.5 Å². The third kappa shape index (κ3) is 6.03. The number of ether oxygens (including phenoxy) is 1. The number of hydrogen-bond donors (Lipinski definition) is 0. The maximum atomic E-state index is 11.9. The summed E-state index contributed by atoms with van der Waals surface area (Å²) in [4.78, 5) is 2.78. The van der Waals surface area contributed by atoms with Crippen LogP contribution in [0.15, 0.2) is 65.8 Å². The fourth-order valence-corrected chi connectivity index (χ4v) is 9.71. The minimum absolute atomic E-state index is 0.107. The van der Waals surface area contributed by atoms with Gasteiger partial charge in [-0.2, -0.15) is 8.42 Å². The first-order chi connectivity index (χ1) is 15.6. The van der Waals surface area contributed by atoms with E-state index in [0.29, 0.717) is 6.42 Å².